The van der Waals surface area contributed by atoms with Crippen molar-refractivity contribution in [1.82, 2.24) is 19.5 Å². The number of hydrogen-bond acceptors (Lipinski definition) is 5. The van der Waals surface area contributed by atoms with Crippen LogP contribution in [0.3, 0.4) is 0 Å². The maximum atomic E-state index is 12.4. The van der Waals surface area contributed by atoms with Crippen LogP contribution in [0.2, 0.25) is 0 Å². The van der Waals surface area contributed by atoms with Crippen LogP contribution < -0.4 is 0 Å². The smallest absolute Gasteiger partial charge is 0.410 e. The molecule has 0 N–H and O–H groups in total. The summed E-state index contributed by atoms with van der Waals surface area (Å²) in [6, 6.07) is 4.11. The molecular weight excluding hydrogens is 318 g/mol. The molecule has 1 saturated heterocycles. The van der Waals surface area contributed by atoms with Crippen LogP contribution >= 0.6 is 0 Å². The van der Waals surface area contributed by atoms with E-state index in [0.29, 0.717) is 18.7 Å². The summed E-state index contributed by atoms with van der Waals surface area (Å²) >= 11 is 0. The highest BCUT2D eigenvalue weighted by Crippen LogP contribution is 2.30. The first kappa shape index (κ1) is 17.2. The second-order valence-corrected chi connectivity index (χ2v) is 7.49. The van der Waals surface area contributed by atoms with Gasteiger partial charge in [-0.15, -0.1) is 0 Å². The molecule has 3 rings (SSSR count). The van der Waals surface area contributed by atoms with Gasteiger partial charge in [0.2, 0.25) is 0 Å². The van der Waals surface area contributed by atoms with Gasteiger partial charge >= 0.3 is 6.09 Å². The van der Waals surface area contributed by atoms with Crippen molar-refractivity contribution in [2.24, 2.45) is 0 Å². The monoisotopic (exact) mass is 341 g/mol. The van der Waals surface area contributed by atoms with E-state index in [1.165, 1.54) is 0 Å². The molecule has 1 aliphatic rings. The normalized spacial score (nSPS) is 18.2. The summed E-state index contributed by atoms with van der Waals surface area (Å²) in [5, 5.41) is 14.0. The van der Waals surface area contributed by atoms with E-state index in [1.54, 1.807) is 15.6 Å². The minimum absolute atomic E-state index is 0.0284. The maximum absolute atomic E-state index is 12.4. The van der Waals surface area contributed by atoms with E-state index < -0.39 is 5.60 Å². The summed E-state index contributed by atoms with van der Waals surface area (Å²) in [5.74, 6) is 0.0284. The standard InChI is InChI=1S/C18H23N5O2/c1-12-8-15-20-10-14(9-19)16(23(15)21-12)13-6-5-7-22(11-13)17(24)25-18(2,3)4/h8,10,13H,5-7,11H2,1-4H3. The molecule has 0 bridgehead atoms. The predicted molar refractivity (Wildman–Crippen MR) is 92.2 cm³/mol. The van der Waals surface area contributed by atoms with Crippen molar-refractivity contribution >= 4 is 11.7 Å². The lowest BCUT2D eigenvalue weighted by molar-refractivity contribution is 0.0196. The average Bonchev–Trinajstić information content (AvgIpc) is 2.92. The summed E-state index contributed by atoms with van der Waals surface area (Å²) in [6.07, 6.45) is 3.04. The molecule has 0 saturated carbocycles. The molecular formula is C18H23N5O2. The van der Waals surface area contributed by atoms with E-state index in [2.05, 4.69) is 16.2 Å². The first-order valence-electron chi connectivity index (χ1n) is 8.52. The van der Waals surface area contributed by atoms with Crippen LogP contribution in [-0.2, 0) is 4.74 Å². The van der Waals surface area contributed by atoms with Gasteiger partial charge in [0, 0.05) is 31.3 Å². The van der Waals surface area contributed by atoms with Crippen LogP contribution in [0, 0.1) is 18.3 Å². The van der Waals surface area contributed by atoms with Crippen molar-refractivity contribution < 1.29 is 9.53 Å². The fraction of sp³-hybridized carbons (Fsp3) is 0.556. The molecule has 25 heavy (non-hydrogen) atoms. The molecule has 2 aromatic rings. The molecule has 0 aromatic carbocycles. The Balaban J connectivity index is 1.93. The lowest BCUT2D eigenvalue weighted by atomic mass is 9.92. The topological polar surface area (TPSA) is 83.5 Å². The molecule has 1 amide bonds. The highest BCUT2D eigenvalue weighted by molar-refractivity contribution is 5.68. The zero-order valence-electron chi connectivity index (χ0n) is 15.1. The van der Waals surface area contributed by atoms with Gasteiger partial charge in [0.15, 0.2) is 5.65 Å². The molecule has 1 unspecified atom stereocenters. The minimum Gasteiger partial charge on any atom is -0.444 e. The number of carbonyl (C=O) groups excluding carboxylic acids is 1. The van der Waals surface area contributed by atoms with Gasteiger partial charge in [0.25, 0.3) is 0 Å². The van der Waals surface area contributed by atoms with Gasteiger partial charge in [0.05, 0.1) is 17.0 Å². The van der Waals surface area contributed by atoms with Gasteiger partial charge in [0.1, 0.15) is 11.7 Å². The van der Waals surface area contributed by atoms with E-state index in [9.17, 15) is 10.1 Å². The first-order valence-corrected chi connectivity index (χ1v) is 8.52. The number of amides is 1. The summed E-state index contributed by atoms with van der Waals surface area (Å²) in [7, 11) is 0. The Morgan fingerprint density at radius 3 is 2.88 bits per heavy atom. The number of ether oxygens (including phenoxy) is 1. The van der Waals surface area contributed by atoms with Crippen molar-refractivity contribution in [1.29, 1.82) is 5.26 Å². The van der Waals surface area contributed by atoms with Crippen LogP contribution in [0.4, 0.5) is 4.79 Å². The number of aryl methyl sites for hydroxylation is 1. The number of rotatable bonds is 1. The Morgan fingerprint density at radius 1 is 1.44 bits per heavy atom. The van der Waals surface area contributed by atoms with Crippen LogP contribution in [0.1, 0.15) is 56.5 Å². The van der Waals surface area contributed by atoms with E-state index in [4.69, 9.17) is 4.74 Å². The van der Waals surface area contributed by atoms with Gasteiger partial charge in [-0.2, -0.15) is 10.4 Å². The number of carbonyl (C=O) groups is 1. The number of piperidine rings is 1. The van der Waals surface area contributed by atoms with Gasteiger partial charge < -0.3 is 9.64 Å². The molecule has 7 nitrogen and oxygen atoms in total. The van der Waals surface area contributed by atoms with Gasteiger partial charge in [-0.1, -0.05) is 0 Å². The molecule has 7 heteroatoms. The SMILES string of the molecule is Cc1cc2ncc(C#N)c(C3CCCN(C(=O)OC(C)(C)C)C3)n2n1. The van der Waals surface area contributed by atoms with Crippen LogP contribution in [0.25, 0.3) is 5.65 Å². The summed E-state index contributed by atoms with van der Waals surface area (Å²) in [6.45, 7) is 8.66. The summed E-state index contributed by atoms with van der Waals surface area (Å²) in [4.78, 5) is 18.4. The highest BCUT2D eigenvalue weighted by atomic mass is 16.6. The van der Waals surface area contributed by atoms with Crippen molar-refractivity contribution in [2.45, 2.75) is 52.1 Å². The summed E-state index contributed by atoms with van der Waals surface area (Å²) < 4.78 is 7.24. The molecule has 0 spiro atoms. The average molecular weight is 341 g/mol. The minimum atomic E-state index is -0.523. The molecule has 0 radical (unpaired) electrons. The van der Waals surface area contributed by atoms with Crippen molar-refractivity contribution in [2.75, 3.05) is 13.1 Å². The Labute approximate surface area is 147 Å². The zero-order valence-corrected chi connectivity index (χ0v) is 15.1. The zero-order chi connectivity index (χ0) is 18.2. The Hall–Kier alpha value is -2.62. The Kier molecular flexibility index (Phi) is 4.38. The third kappa shape index (κ3) is 3.58. The van der Waals surface area contributed by atoms with Crippen molar-refractivity contribution in [3.63, 3.8) is 0 Å². The Morgan fingerprint density at radius 2 is 2.20 bits per heavy atom. The fourth-order valence-electron chi connectivity index (χ4n) is 3.24. The fourth-order valence-corrected chi connectivity index (χ4v) is 3.24. The number of hydrogen-bond donors (Lipinski definition) is 0. The lowest BCUT2D eigenvalue weighted by Crippen LogP contribution is -2.42. The third-order valence-electron chi connectivity index (χ3n) is 4.22. The number of aromatic nitrogens is 3. The quantitative estimate of drug-likeness (QED) is 0.796. The van der Waals surface area contributed by atoms with E-state index in [-0.39, 0.29) is 12.0 Å². The maximum Gasteiger partial charge on any atom is 0.410 e. The van der Waals surface area contributed by atoms with Gasteiger partial charge in [-0.25, -0.2) is 14.3 Å². The predicted octanol–water partition coefficient (Wildman–Crippen LogP) is 3.02. The van der Waals surface area contributed by atoms with Crippen LogP contribution in [0.15, 0.2) is 12.3 Å². The van der Waals surface area contributed by atoms with E-state index in [0.717, 1.165) is 29.9 Å². The van der Waals surface area contributed by atoms with Crippen molar-refractivity contribution in [3.05, 3.63) is 29.2 Å². The van der Waals surface area contributed by atoms with Gasteiger partial charge in [-0.3, -0.25) is 0 Å². The second kappa shape index (κ2) is 6.36. The number of fused-ring (bicyclic) bond motifs is 1. The Bertz CT molecular complexity index is 843. The number of nitriles is 1. The van der Waals surface area contributed by atoms with Crippen LogP contribution in [0.5, 0.6) is 0 Å². The number of nitrogens with zero attached hydrogens (tertiary/aromatic N) is 5. The molecule has 1 aliphatic heterocycles. The van der Waals surface area contributed by atoms with Crippen molar-refractivity contribution in [3.8, 4) is 6.07 Å². The molecule has 1 fully saturated rings. The molecule has 132 valence electrons. The van der Waals surface area contributed by atoms with E-state index >= 15 is 0 Å². The van der Waals surface area contributed by atoms with Crippen LogP contribution in [-0.4, -0.2) is 44.3 Å². The molecule has 1 atom stereocenters. The molecule has 3 heterocycles. The lowest BCUT2D eigenvalue weighted by Gasteiger charge is -2.34. The summed E-state index contributed by atoms with van der Waals surface area (Å²) in [5.41, 5.74) is 2.38. The first-order chi connectivity index (χ1) is 11.8. The van der Waals surface area contributed by atoms with Gasteiger partial charge in [-0.05, 0) is 40.5 Å². The molecule has 2 aromatic heterocycles. The number of likely N-dealkylation sites (tertiary alicyclic amines) is 1. The third-order valence-corrected chi connectivity index (χ3v) is 4.22. The highest BCUT2D eigenvalue weighted by Gasteiger charge is 2.31. The second-order valence-electron chi connectivity index (χ2n) is 7.49. The van der Waals surface area contributed by atoms with E-state index in [1.807, 2.05) is 33.8 Å². The largest absolute Gasteiger partial charge is 0.444 e. The molecule has 0 aliphatic carbocycles.